The fraction of sp³-hybridized carbons (Fsp3) is 0.929. The predicted octanol–water partition coefficient (Wildman–Crippen LogP) is 0.541. The lowest BCUT2D eigenvalue weighted by Crippen LogP contribution is -2.46. The Balaban J connectivity index is 2.41. The summed E-state index contributed by atoms with van der Waals surface area (Å²) < 4.78 is 5.36. The summed E-state index contributed by atoms with van der Waals surface area (Å²) in [4.78, 5) is 16.2. The van der Waals surface area contributed by atoms with E-state index in [1.54, 1.807) is 0 Å². The summed E-state index contributed by atoms with van der Waals surface area (Å²) >= 11 is 0. The van der Waals surface area contributed by atoms with E-state index in [0.29, 0.717) is 6.42 Å². The van der Waals surface area contributed by atoms with Gasteiger partial charge in [-0.3, -0.25) is 9.69 Å². The minimum Gasteiger partial charge on any atom is -0.379 e. The second-order valence-electron chi connectivity index (χ2n) is 6.48. The first kappa shape index (κ1) is 16.4. The van der Waals surface area contributed by atoms with E-state index in [1.807, 2.05) is 18.9 Å². The number of hydrogen-bond acceptors (Lipinski definition) is 4. The molecule has 1 fully saturated rings. The van der Waals surface area contributed by atoms with Gasteiger partial charge in [0.15, 0.2) is 0 Å². The van der Waals surface area contributed by atoms with Gasteiger partial charge in [-0.15, -0.1) is 0 Å². The molecule has 112 valence electrons. The smallest absolute Gasteiger partial charge is 0.223 e. The summed E-state index contributed by atoms with van der Waals surface area (Å²) in [6.45, 7) is 11.6. The molecule has 0 bridgehead atoms. The number of morpholine rings is 1. The number of hydrogen-bond donors (Lipinski definition) is 1. The van der Waals surface area contributed by atoms with Gasteiger partial charge in [0.2, 0.25) is 5.91 Å². The fourth-order valence-electron chi connectivity index (χ4n) is 2.58. The van der Waals surface area contributed by atoms with Crippen LogP contribution in [0, 0.1) is 5.41 Å². The van der Waals surface area contributed by atoms with Crippen molar-refractivity contribution in [2.75, 3.05) is 46.4 Å². The summed E-state index contributed by atoms with van der Waals surface area (Å²) in [5.74, 6) is 0.130. The molecule has 1 rings (SSSR count). The molecule has 5 heteroatoms. The molecule has 5 nitrogen and oxygen atoms in total. The molecule has 1 saturated heterocycles. The molecule has 0 aliphatic carbocycles. The molecular formula is C14H29N3O2. The van der Waals surface area contributed by atoms with Gasteiger partial charge in [-0.25, -0.2) is 0 Å². The van der Waals surface area contributed by atoms with Gasteiger partial charge in [0.25, 0.3) is 0 Å². The average Bonchev–Trinajstić information content (AvgIpc) is 2.27. The minimum atomic E-state index is -0.0719. The molecular weight excluding hydrogens is 242 g/mol. The van der Waals surface area contributed by atoms with Crippen LogP contribution in [0.4, 0.5) is 0 Å². The Morgan fingerprint density at radius 2 is 2.00 bits per heavy atom. The lowest BCUT2D eigenvalue weighted by atomic mass is 9.91. The highest BCUT2D eigenvalue weighted by atomic mass is 16.5. The summed E-state index contributed by atoms with van der Waals surface area (Å²) in [6.07, 6.45) is 0.421. The van der Waals surface area contributed by atoms with Crippen LogP contribution in [0.3, 0.4) is 0 Å². The Kier molecular flexibility index (Phi) is 6.23. The Hall–Kier alpha value is -0.650. The highest BCUT2D eigenvalue weighted by Crippen LogP contribution is 2.19. The summed E-state index contributed by atoms with van der Waals surface area (Å²) in [6, 6.07) is -0.0719. The summed E-state index contributed by atoms with van der Waals surface area (Å²) in [5, 5.41) is 0. The molecule has 0 spiro atoms. The van der Waals surface area contributed by atoms with Crippen molar-refractivity contribution in [3.63, 3.8) is 0 Å². The maximum Gasteiger partial charge on any atom is 0.223 e. The summed E-state index contributed by atoms with van der Waals surface area (Å²) in [5.41, 5.74) is 5.76. The van der Waals surface area contributed by atoms with E-state index in [2.05, 4.69) is 18.7 Å². The second kappa shape index (κ2) is 7.22. The van der Waals surface area contributed by atoms with Crippen LogP contribution in [0.25, 0.3) is 0 Å². The van der Waals surface area contributed by atoms with Crippen LogP contribution < -0.4 is 5.73 Å². The van der Waals surface area contributed by atoms with Crippen LogP contribution in [-0.2, 0) is 9.53 Å². The number of ether oxygens (including phenoxy) is 1. The molecule has 2 N–H and O–H groups in total. The van der Waals surface area contributed by atoms with Crippen molar-refractivity contribution in [3.8, 4) is 0 Å². The van der Waals surface area contributed by atoms with Gasteiger partial charge in [0.1, 0.15) is 0 Å². The maximum atomic E-state index is 11.9. The molecule has 0 saturated carbocycles. The number of amides is 1. The van der Waals surface area contributed by atoms with Crippen molar-refractivity contribution in [3.05, 3.63) is 0 Å². The van der Waals surface area contributed by atoms with Gasteiger partial charge in [-0.2, -0.15) is 0 Å². The highest BCUT2D eigenvalue weighted by Gasteiger charge is 2.26. The average molecular weight is 271 g/mol. The van der Waals surface area contributed by atoms with Crippen LogP contribution in [0.5, 0.6) is 0 Å². The topological polar surface area (TPSA) is 58.8 Å². The van der Waals surface area contributed by atoms with Crippen molar-refractivity contribution in [1.29, 1.82) is 0 Å². The third kappa shape index (κ3) is 6.36. The zero-order valence-corrected chi connectivity index (χ0v) is 12.8. The molecule has 1 aliphatic rings. The van der Waals surface area contributed by atoms with Crippen molar-refractivity contribution >= 4 is 5.91 Å². The van der Waals surface area contributed by atoms with Gasteiger partial charge in [-0.05, 0) is 12.3 Å². The first-order valence-corrected chi connectivity index (χ1v) is 7.10. The minimum absolute atomic E-state index is 0.0719. The van der Waals surface area contributed by atoms with Gasteiger partial charge in [-0.1, -0.05) is 13.8 Å². The Morgan fingerprint density at radius 1 is 1.42 bits per heavy atom. The molecule has 0 aromatic carbocycles. The third-order valence-electron chi connectivity index (χ3n) is 3.34. The van der Waals surface area contributed by atoms with Crippen molar-refractivity contribution < 1.29 is 9.53 Å². The molecule has 19 heavy (non-hydrogen) atoms. The number of carbonyl (C=O) groups excluding carboxylic acids is 1. The monoisotopic (exact) mass is 271 g/mol. The third-order valence-corrected chi connectivity index (χ3v) is 3.34. The van der Waals surface area contributed by atoms with E-state index >= 15 is 0 Å². The van der Waals surface area contributed by atoms with E-state index in [9.17, 15) is 4.79 Å². The Labute approximate surface area is 117 Å². The molecule has 1 unspecified atom stereocenters. The molecule has 1 aliphatic heterocycles. The lowest BCUT2D eigenvalue weighted by Gasteiger charge is -2.37. The maximum absolute atomic E-state index is 11.9. The first-order chi connectivity index (χ1) is 8.80. The molecule has 1 heterocycles. The van der Waals surface area contributed by atoms with Gasteiger partial charge < -0.3 is 15.4 Å². The van der Waals surface area contributed by atoms with E-state index in [-0.39, 0.29) is 17.4 Å². The van der Waals surface area contributed by atoms with E-state index in [0.717, 1.165) is 39.4 Å². The Bertz CT molecular complexity index is 286. The van der Waals surface area contributed by atoms with E-state index in [1.165, 1.54) is 0 Å². The zero-order valence-electron chi connectivity index (χ0n) is 12.8. The normalized spacial score (nSPS) is 19.2. The number of nitrogens with two attached hydrogens (primary N) is 1. The van der Waals surface area contributed by atoms with Gasteiger partial charge in [0, 0.05) is 45.7 Å². The zero-order chi connectivity index (χ0) is 14.5. The molecule has 0 radical (unpaired) electrons. The SMILES string of the molecule is CC(N)CC(=O)N(C)CC(C)(C)CN1CCOCC1. The van der Waals surface area contributed by atoms with Crippen LogP contribution >= 0.6 is 0 Å². The second-order valence-corrected chi connectivity index (χ2v) is 6.48. The van der Waals surface area contributed by atoms with Crippen molar-refractivity contribution in [1.82, 2.24) is 9.80 Å². The first-order valence-electron chi connectivity index (χ1n) is 7.10. The van der Waals surface area contributed by atoms with Crippen molar-refractivity contribution in [2.24, 2.45) is 11.1 Å². The molecule has 0 aromatic heterocycles. The molecule has 0 aromatic rings. The van der Waals surface area contributed by atoms with Crippen LogP contribution in [0.15, 0.2) is 0 Å². The quantitative estimate of drug-likeness (QED) is 0.766. The molecule has 1 amide bonds. The summed E-state index contributed by atoms with van der Waals surface area (Å²) in [7, 11) is 1.87. The Morgan fingerprint density at radius 3 is 2.53 bits per heavy atom. The standard InChI is InChI=1S/C14H29N3O2/c1-12(15)9-13(18)16(4)10-14(2,3)11-17-5-7-19-8-6-17/h12H,5-11,15H2,1-4H3. The van der Waals surface area contributed by atoms with Gasteiger partial charge in [0.05, 0.1) is 13.2 Å². The number of nitrogens with zero attached hydrogens (tertiary/aromatic N) is 2. The largest absolute Gasteiger partial charge is 0.379 e. The lowest BCUT2D eigenvalue weighted by molar-refractivity contribution is -0.131. The van der Waals surface area contributed by atoms with E-state index < -0.39 is 0 Å². The van der Waals surface area contributed by atoms with Crippen LogP contribution in [0.2, 0.25) is 0 Å². The van der Waals surface area contributed by atoms with Gasteiger partial charge >= 0.3 is 0 Å². The molecule has 1 atom stereocenters. The predicted molar refractivity (Wildman–Crippen MR) is 76.9 cm³/mol. The van der Waals surface area contributed by atoms with Crippen molar-refractivity contribution in [2.45, 2.75) is 33.2 Å². The van der Waals surface area contributed by atoms with Crippen LogP contribution in [-0.4, -0.2) is 68.2 Å². The van der Waals surface area contributed by atoms with E-state index in [4.69, 9.17) is 10.5 Å². The fourth-order valence-corrected chi connectivity index (χ4v) is 2.58. The number of rotatable bonds is 6. The van der Waals surface area contributed by atoms with Crippen LogP contribution in [0.1, 0.15) is 27.2 Å². The highest BCUT2D eigenvalue weighted by molar-refractivity contribution is 5.76. The number of carbonyl (C=O) groups is 1.